The molecule has 0 bridgehead atoms. The number of hydrogen-bond donors (Lipinski definition) is 1. The van der Waals surface area contributed by atoms with Gasteiger partial charge in [-0.15, -0.1) is 0 Å². The lowest BCUT2D eigenvalue weighted by Gasteiger charge is -2.07. The monoisotopic (exact) mass is 241 g/mol. The van der Waals surface area contributed by atoms with E-state index in [4.69, 9.17) is 0 Å². The summed E-state index contributed by atoms with van der Waals surface area (Å²) in [6.07, 6.45) is 1.35. The van der Waals surface area contributed by atoms with E-state index in [0.717, 1.165) is 24.2 Å². The van der Waals surface area contributed by atoms with Crippen molar-refractivity contribution in [2.24, 2.45) is 5.41 Å². The maximum absolute atomic E-state index is 12.0. The maximum atomic E-state index is 12.0. The summed E-state index contributed by atoms with van der Waals surface area (Å²) < 4.78 is 0. The number of Topliss-reactive ketones (excluding diaryl/α,β-unsaturated/α-hetero) is 1. The number of hydrogen-bond acceptors (Lipinski definition) is 2. The van der Waals surface area contributed by atoms with Gasteiger partial charge in [0.05, 0.1) is 6.42 Å². The number of rotatable bonds is 2. The van der Waals surface area contributed by atoms with Crippen molar-refractivity contribution in [1.29, 1.82) is 0 Å². The summed E-state index contributed by atoms with van der Waals surface area (Å²) in [5.74, 6) is 6.16. The van der Waals surface area contributed by atoms with Crippen molar-refractivity contribution in [3.8, 4) is 11.8 Å². The molecule has 0 aromatic heterocycles. The Labute approximate surface area is 109 Å². The fourth-order valence-electron chi connectivity index (χ4n) is 1.96. The van der Waals surface area contributed by atoms with E-state index in [1.165, 1.54) is 5.56 Å². The SMILES string of the molecule is CC(C)(C)C#CCC(=O)c1ccc2c(c1)NCC2. The molecule has 1 aromatic carbocycles. The van der Waals surface area contributed by atoms with Crippen molar-refractivity contribution < 1.29 is 4.79 Å². The van der Waals surface area contributed by atoms with Crippen LogP contribution in [-0.4, -0.2) is 12.3 Å². The van der Waals surface area contributed by atoms with Gasteiger partial charge in [-0.2, -0.15) is 0 Å². The molecule has 1 aromatic rings. The highest BCUT2D eigenvalue weighted by Gasteiger charge is 2.13. The van der Waals surface area contributed by atoms with E-state index in [1.807, 2.05) is 39.0 Å². The number of anilines is 1. The lowest BCUT2D eigenvalue weighted by molar-refractivity contribution is 0.0998. The quantitative estimate of drug-likeness (QED) is 0.636. The Bertz CT molecular complexity index is 526. The fourth-order valence-corrected chi connectivity index (χ4v) is 1.96. The highest BCUT2D eigenvalue weighted by Crippen LogP contribution is 2.23. The second kappa shape index (κ2) is 4.86. The van der Waals surface area contributed by atoms with Gasteiger partial charge in [0.2, 0.25) is 0 Å². The summed E-state index contributed by atoms with van der Waals surface area (Å²) in [7, 11) is 0. The fraction of sp³-hybridized carbons (Fsp3) is 0.438. The smallest absolute Gasteiger partial charge is 0.174 e. The van der Waals surface area contributed by atoms with E-state index in [1.54, 1.807) is 0 Å². The van der Waals surface area contributed by atoms with Crippen molar-refractivity contribution in [2.75, 3.05) is 11.9 Å². The lowest BCUT2D eigenvalue weighted by atomic mass is 9.97. The molecule has 0 amide bonds. The van der Waals surface area contributed by atoms with Gasteiger partial charge >= 0.3 is 0 Å². The van der Waals surface area contributed by atoms with Gasteiger partial charge < -0.3 is 5.32 Å². The Morgan fingerprint density at radius 3 is 2.89 bits per heavy atom. The van der Waals surface area contributed by atoms with Gasteiger partial charge in [-0.1, -0.05) is 24.0 Å². The molecule has 1 N–H and O–H groups in total. The molecule has 0 unspecified atom stereocenters. The minimum atomic E-state index is -0.0419. The van der Waals surface area contributed by atoms with E-state index in [-0.39, 0.29) is 11.2 Å². The van der Waals surface area contributed by atoms with Crippen LogP contribution in [-0.2, 0) is 6.42 Å². The molecule has 0 saturated heterocycles. The number of fused-ring (bicyclic) bond motifs is 1. The predicted octanol–water partition coefficient (Wildman–Crippen LogP) is 3.28. The average Bonchev–Trinajstić information content (AvgIpc) is 2.73. The van der Waals surface area contributed by atoms with Crippen molar-refractivity contribution in [3.05, 3.63) is 29.3 Å². The first-order valence-corrected chi connectivity index (χ1v) is 6.36. The van der Waals surface area contributed by atoms with Gasteiger partial charge in [-0.3, -0.25) is 4.79 Å². The molecule has 0 spiro atoms. The third kappa shape index (κ3) is 3.13. The average molecular weight is 241 g/mol. The zero-order valence-corrected chi connectivity index (χ0v) is 11.3. The Morgan fingerprint density at radius 1 is 1.39 bits per heavy atom. The normalized spacial score (nSPS) is 13.3. The van der Waals surface area contributed by atoms with Crippen LogP contribution >= 0.6 is 0 Å². The summed E-state index contributed by atoms with van der Waals surface area (Å²) in [6, 6.07) is 5.90. The zero-order chi connectivity index (χ0) is 13.2. The second-order valence-corrected chi connectivity index (χ2v) is 5.70. The number of carbonyl (C=O) groups is 1. The number of carbonyl (C=O) groups excluding carboxylic acids is 1. The molecular weight excluding hydrogens is 222 g/mol. The third-order valence-corrected chi connectivity index (χ3v) is 2.85. The molecule has 0 fully saturated rings. The van der Waals surface area contributed by atoms with Crippen LogP contribution < -0.4 is 5.32 Å². The summed E-state index contributed by atoms with van der Waals surface area (Å²) in [5.41, 5.74) is 3.11. The molecule has 2 rings (SSSR count). The van der Waals surface area contributed by atoms with E-state index < -0.39 is 0 Å². The van der Waals surface area contributed by atoms with Crippen molar-refractivity contribution >= 4 is 11.5 Å². The molecule has 1 aliphatic rings. The van der Waals surface area contributed by atoms with Crippen LogP contribution in [0.3, 0.4) is 0 Å². The van der Waals surface area contributed by atoms with Crippen LogP contribution in [0.5, 0.6) is 0 Å². The molecular formula is C16H19NO. The van der Waals surface area contributed by atoms with Gasteiger partial charge in [0.1, 0.15) is 0 Å². The molecule has 18 heavy (non-hydrogen) atoms. The number of nitrogens with one attached hydrogen (secondary N) is 1. The van der Waals surface area contributed by atoms with E-state index in [2.05, 4.69) is 17.2 Å². The molecule has 2 heteroatoms. The van der Waals surface area contributed by atoms with E-state index >= 15 is 0 Å². The largest absolute Gasteiger partial charge is 0.384 e. The Balaban J connectivity index is 2.07. The zero-order valence-electron chi connectivity index (χ0n) is 11.3. The topological polar surface area (TPSA) is 29.1 Å². The van der Waals surface area contributed by atoms with Crippen LogP contribution in [0, 0.1) is 17.3 Å². The lowest BCUT2D eigenvalue weighted by Crippen LogP contribution is -2.02. The van der Waals surface area contributed by atoms with Crippen molar-refractivity contribution in [2.45, 2.75) is 33.6 Å². The first kappa shape index (κ1) is 12.7. The highest BCUT2D eigenvalue weighted by atomic mass is 16.1. The Morgan fingerprint density at radius 2 is 2.17 bits per heavy atom. The summed E-state index contributed by atoms with van der Waals surface area (Å²) in [5, 5.41) is 3.29. The summed E-state index contributed by atoms with van der Waals surface area (Å²) in [4.78, 5) is 12.0. The number of ketones is 1. The van der Waals surface area contributed by atoms with Gasteiger partial charge in [-0.05, 0) is 38.8 Å². The van der Waals surface area contributed by atoms with Crippen LogP contribution in [0.25, 0.3) is 0 Å². The maximum Gasteiger partial charge on any atom is 0.174 e. The Kier molecular flexibility index (Phi) is 3.43. The second-order valence-electron chi connectivity index (χ2n) is 5.70. The van der Waals surface area contributed by atoms with Gasteiger partial charge in [0, 0.05) is 23.2 Å². The van der Waals surface area contributed by atoms with Crippen molar-refractivity contribution in [1.82, 2.24) is 0 Å². The molecule has 0 aliphatic carbocycles. The minimum Gasteiger partial charge on any atom is -0.384 e. The van der Waals surface area contributed by atoms with Crippen LogP contribution in [0.2, 0.25) is 0 Å². The summed E-state index contributed by atoms with van der Waals surface area (Å²) in [6.45, 7) is 7.11. The van der Waals surface area contributed by atoms with E-state index in [0.29, 0.717) is 6.42 Å². The van der Waals surface area contributed by atoms with Gasteiger partial charge in [0.25, 0.3) is 0 Å². The van der Waals surface area contributed by atoms with Crippen LogP contribution in [0.4, 0.5) is 5.69 Å². The van der Waals surface area contributed by atoms with Crippen LogP contribution in [0.1, 0.15) is 43.1 Å². The minimum absolute atomic E-state index is 0.0419. The van der Waals surface area contributed by atoms with Crippen LogP contribution in [0.15, 0.2) is 18.2 Å². The van der Waals surface area contributed by atoms with Crippen molar-refractivity contribution in [3.63, 3.8) is 0 Å². The molecule has 94 valence electrons. The Hall–Kier alpha value is -1.75. The summed E-state index contributed by atoms with van der Waals surface area (Å²) >= 11 is 0. The third-order valence-electron chi connectivity index (χ3n) is 2.85. The molecule has 0 atom stereocenters. The van der Waals surface area contributed by atoms with Gasteiger partial charge in [-0.25, -0.2) is 0 Å². The van der Waals surface area contributed by atoms with Gasteiger partial charge in [0.15, 0.2) is 5.78 Å². The molecule has 1 aliphatic heterocycles. The standard InChI is InChI=1S/C16H19NO/c1-16(2,3)9-4-5-15(18)13-7-6-12-8-10-17-14(12)11-13/h6-7,11,17H,5,8,10H2,1-3H3. The highest BCUT2D eigenvalue weighted by molar-refractivity contribution is 5.98. The molecule has 0 saturated carbocycles. The molecule has 0 radical (unpaired) electrons. The number of benzene rings is 1. The van der Waals surface area contributed by atoms with E-state index in [9.17, 15) is 4.79 Å². The first-order valence-electron chi connectivity index (χ1n) is 6.36. The molecule has 2 nitrogen and oxygen atoms in total. The predicted molar refractivity (Wildman–Crippen MR) is 74.8 cm³/mol. The first-order chi connectivity index (χ1) is 8.46. The molecule has 1 heterocycles.